The van der Waals surface area contributed by atoms with Crippen LogP contribution in [0.3, 0.4) is 0 Å². The van der Waals surface area contributed by atoms with Gasteiger partial charge in [0.2, 0.25) is 16.8 Å². The molecule has 1 aromatic carbocycles. The molecule has 0 radical (unpaired) electrons. The number of nitrogens with zero attached hydrogens (tertiary/aromatic N) is 4. The van der Waals surface area contributed by atoms with E-state index >= 15 is 0 Å². The fraction of sp³-hybridized carbons (Fsp3) is 0.263. The van der Waals surface area contributed by atoms with Crippen molar-refractivity contribution < 1.29 is 13.9 Å². The van der Waals surface area contributed by atoms with Gasteiger partial charge in [-0.25, -0.2) is 14.5 Å². The number of methoxy groups -OCH3 is 1. The van der Waals surface area contributed by atoms with Gasteiger partial charge in [-0.05, 0) is 25.1 Å². The third-order valence-electron chi connectivity index (χ3n) is 4.33. The molecule has 1 amide bonds. The Kier molecular flexibility index (Phi) is 5.07. The Bertz CT molecular complexity index is 1110. The molecule has 3 aromatic heterocycles. The molecular formula is C19H19N5O3S. The van der Waals surface area contributed by atoms with E-state index in [1.54, 1.807) is 11.6 Å². The van der Waals surface area contributed by atoms with Gasteiger partial charge < -0.3 is 14.5 Å². The Morgan fingerprint density at radius 3 is 3.14 bits per heavy atom. The van der Waals surface area contributed by atoms with Crippen LogP contribution in [0.1, 0.15) is 17.1 Å². The maximum absolute atomic E-state index is 12.3. The molecule has 1 N–H and O–H groups in total. The second kappa shape index (κ2) is 7.81. The number of carbonyl (C=O) groups excluding carboxylic acids is 1. The number of amides is 1. The summed E-state index contributed by atoms with van der Waals surface area (Å²) in [7, 11) is 1.61. The van der Waals surface area contributed by atoms with E-state index in [0.717, 1.165) is 22.0 Å². The molecule has 0 fully saturated rings. The van der Waals surface area contributed by atoms with Crippen LogP contribution in [0.15, 0.2) is 40.4 Å². The maximum Gasteiger partial charge on any atom is 0.226 e. The van der Waals surface area contributed by atoms with Gasteiger partial charge in [-0.2, -0.15) is 5.10 Å². The molecule has 4 aromatic rings. The lowest BCUT2D eigenvalue weighted by Gasteiger charge is -2.03. The minimum atomic E-state index is -0.0985. The number of carbonyl (C=O) groups is 1. The van der Waals surface area contributed by atoms with Crippen LogP contribution in [0.4, 0.5) is 0 Å². The molecule has 0 bridgehead atoms. The van der Waals surface area contributed by atoms with Crippen LogP contribution in [-0.2, 0) is 17.6 Å². The Balaban J connectivity index is 1.36. The first-order valence-corrected chi connectivity index (χ1v) is 9.65. The molecule has 0 aliphatic carbocycles. The zero-order valence-electron chi connectivity index (χ0n) is 15.5. The molecule has 0 aliphatic rings. The number of hydrogen-bond donors (Lipinski definition) is 1. The fourth-order valence-corrected chi connectivity index (χ4v) is 3.69. The quantitative estimate of drug-likeness (QED) is 0.515. The van der Waals surface area contributed by atoms with E-state index in [1.807, 2.05) is 36.6 Å². The van der Waals surface area contributed by atoms with Crippen LogP contribution in [-0.4, -0.2) is 39.1 Å². The number of oxazole rings is 1. The number of hydrogen-bond acceptors (Lipinski definition) is 7. The van der Waals surface area contributed by atoms with E-state index < -0.39 is 0 Å². The van der Waals surface area contributed by atoms with Crippen molar-refractivity contribution in [1.29, 1.82) is 0 Å². The summed E-state index contributed by atoms with van der Waals surface area (Å²) in [5.41, 5.74) is 2.46. The lowest BCUT2D eigenvalue weighted by Crippen LogP contribution is -2.27. The first kappa shape index (κ1) is 18.2. The number of benzene rings is 1. The number of ether oxygens (including phenoxy) is 1. The fourth-order valence-electron chi connectivity index (χ4n) is 2.86. The number of rotatable bonds is 7. The van der Waals surface area contributed by atoms with E-state index in [4.69, 9.17) is 9.15 Å². The van der Waals surface area contributed by atoms with Gasteiger partial charge in [-0.3, -0.25) is 4.79 Å². The van der Waals surface area contributed by atoms with Crippen LogP contribution in [0.2, 0.25) is 0 Å². The molecule has 144 valence electrons. The van der Waals surface area contributed by atoms with Crippen molar-refractivity contribution in [3.63, 3.8) is 0 Å². The lowest BCUT2D eigenvalue weighted by molar-refractivity contribution is -0.120. The Morgan fingerprint density at radius 1 is 1.39 bits per heavy atom. The van der Waals surface area contributed by atoms with Crippen molar-refractivity contribution in [2.45, 2.75) is 19.8 Å². The van der Waals surface area contributed by atoms with Crippen molar-refractivity contribution in [2.24, 2.45) is 0 Å². The molecule has 0 unspecified atom stereocenters. The number of nitrogens with one attached hydrogen (secondary N) is 1. The van der Waals surface area contributed by atoms with Gasteiger partial charge >= 0.3 is 0 Å². The van der Waals surface area contributed by atoms with Crippen LogP contribution in [0.25, 0.3) is 16.4 Å². The summed E-state index contributed by atoms with van der Waals surface area (Å²) >= 11 is 1.53. The minimum absolute atomic E-state index is 0.0985. The molecule has 4 rings (SSSR count). The number of thiazole rings is 1. The number of aromatic nitrogens is 4. The van der Waals surface area contributed by atoms with Crippen molar-refractivity contribution in [3.05, 3.63) is 53.1 Å². The average Bonchev–Trinajstić information content (AvgIpc) is 3.40. The third kappa shape index (κ3) is 3.74. The molecule has 3 heterocycles. The Hall–Kier alpha value is -3.20. The maximum atomic E-state index is 12.3. The normalized spacial score (nSPS) is 11.1. The summed E-state index contributed by atoms with van der Waals surface area (Å²) < 4.78 is 12.8. The summed E-state index contributed by atoms with van der Waals surface area (Å²) in [6, 6.07) is 7.47. The summed E-state index contributed by atoms with van der Waals surface area (Å²) in [6.07, 6.45) is 2.38. The van der Waals surface area contributed by atoms with Gasteiger partial charge in [0.05, 0.1) is 24.9 Å². The van der Waals surface area contributed by atoms with Crippen molar-refractivity contribution in [3.8, 4) is 17.2 Å². The largest absolute Gasteiger partial charge is 0.497 e. The van der Waals surface area contributed by atoms with Crippen LogP contribution >= 0.6 is 11.3 Å². The predicted molar refractivity (Wildman–Crippen MR) is 105 cm³/mol. The summed E-state index contributed by atoms with van der Waals surface area (Å²) in [5.74, 6) is 1.74. The summed E-state index contributed by atoms with van der Waals surface area (Å²) in [6.45, 7) is 2.33. The number of aryl methyl sites for hydroxylation is 1. The van der Waals surface area contributed by atoms with Gasteiger partial charge in [-0.1, -0.05) is 6.07 Å². The molecule has 0 saturated heterocycles. The van der Waals surface area contributed by atoms with Gasteiger partial charge in [0.15, 0.2) is 0 Å². The molecule has 28 heavy (non-hydrogen) atoms. The molecule has 8 nitrogen and oxygen atoms in total. The van der Waals surface area contributed by atoms with Gasteiger partial charge in [0, 0.05) is 23.9 Å². The zero-order chi connectivity index (χ0) is 19.5. The zero-order valence-corrected chi connectivity index (χ0v) is 16.3. The summed E-state index contributed by atoms with van der Waals surface area (Å²) in [5, 5.41) is 9.10. The number of fused-ring (bicyclic) bond motifs is 1. The second-order valence-corrected chi connectivity index (χ2v) is 7.05. The highest BCUT2D eigenvalue weighted by molar-refractivity contribution is 7.15. The molecule has 9 heteroatoms. The molecule has 0 atom stereocenters. The monoisotopic (exact) mass is 397 g/mol. The first-order chi connectivity index (χ1) is 13.6. The SMILES string of the molecule is COc1cccc(-c2nc(CC(=O)NCCc3csc4ncnn34)c(C)o2)c1. The highest BCUT2D eigenvalue weighted by atomic mass is 32.1. The van der Waals surface area contributed by atoms with Crippen LogP contribution in [0.5, 0.6) is 5.75 Å². The summed E-state index contributed by atoms with van der Waals surface area (Å²) in [4.78, 5) is 21.8. The van der Waals surface area contributed by atoms with E-state index in [2.05, 4.69) is 20.4 Å². The van der Waals surface area contributed by atoms with Crippen molar-refractivity contribution in [2.75, 3.05) is 13.7 Å². The minimum Gasteiger partial charge on any atom is -0.497 e. The molecular weight excluding hydrogens is 378 g/mol. The smallest absolute Gasteiger partial charge is 0.226 e. The third-order valence-corrected chi connectivity index (χ3v) is 5.21. The molecule has 0 spiro atoms. The van der Waals surface area contributed by atoms with E-state index in [9.17, 15) is 4.79 Å². The Labute approximate surface area is 165 Å². The van der Waals surface area contributed by atoms with Gasteiger partial charge in [0.1, 0.15) is 17.8 Å². The lowest BCUT2D eigenvalue weighted by atomic mass is 10.2. The highest BCUT2D eigenvalue weighted by Gasteiger charge is 2.15. The van der Waals surface area contributed by atoms with Gasteiger partial charge in [0.25, 0.3) is 0 Å². The van der Waals surface area contributed by atoms with Crippen molar-refractivity contribution >= 4 is 22.2 Å². The van der Waals surface area contributed by atoms with Crippen LogP contribution in [0, 0.1) is 6.92 Å². The van der Waals surface area contributed by atoms with Crippen LogP contribution < -0.4 is 10.1 Å². The van der Waals surface area contributed by atoms with Gasteiger partial charge in [-0.15, -0.1) is 11.3 Å². The average molecular weight is 397 g/mol. The topological polar surface area (TPSA) is 94.5 Å². The Morgan fingerprint density at radius 2 is 2.29 bits per heavy atom. The van der Waals surface area contributed by atoms with E-state index in [0.29, 0.717) is 30.3 Å². The molecule has 0 saturated carbocycles. The van der Waals surface area contributed by atoms with Crippen molar-refractivity contribution in [1.82, 2.24) is 24.9 Å². The first-order valence-electron chi connectivity index (χ1n) is 8.77. The molecule has 0 aliphatic heterocycles. The standard InChI is InChI=1S/C19H19N5O3S/c1-12-16(23-18(27-12)13-4-3-5-15(8-13)26-2)9-17(25)20-7-6-14-10-28-19-21-11-22-24(14)19/h3-5,8,10-11H,6-7,9H2,1-2H3,(H,20,25). The highest BCUT2D eigenvalue weighted by Crippen LogP contribution is 2.25. The van der Waals surface area contributed by atoms with E-state index in [1.165, 1.54) is 17.7 Å². The predicted octanol–water partition coefficient (Wildman–Crippen LogP) is 2.66. The van der Waals surface area contributed by atoms with E-state index in [-0.39, 0.29) is 12.3 Å². The second-order valence-electron chi connectivity index (χ2n) is 6.21.